The second kappa shape index (κ2) is 8.09. The molecule has 2 N–H and O–H groups in total. The standard InChI is InChI=1S/C17H19N3O5/c1-11-3-5-13(6-4-11)9-18-16(23)12(2)25-15(22)10-20-8-7-14(21)19-17(20)24/h3-8,12H,9-10H2,1-2H3,(H,18,23)(H,19,21,24)/t12-/m1/s1. The highest BCUT2D eigenvalue weighted by Crippen LogP contribution is 2.03. The molecule has 0 fully saturated rings. The summed E-state index contributed by atoms with van der Waals surface area (Å²) < 4.78 is 5.99. The first-order valence-corrected chi connectivity index (χ1v) is 7.67. The molecule has 0 radical (unpaired) electrons. The summed E-state index contributed by atoms with van der Waals surface area (Å²) in [4.78, 5) is 48.3. The zero-order valence-corrected chi connectivity index (χ0v) is 13.9. The van der Waals surface area contributed by atoms with Crippen LogP contribution < -0.4 is 16.6 Å². The molecule has 1 heterocycles. The predicted molar refractivity (Wildman–Crippen MR) is 89.9 cm³/mol. The first kappa shape index (κ1) is 18.2. The highest BCUT2D eigenvalue weighted by atomic mass is 16.5. The van der Waals surface area contributed by atoms with Crippen molar-refractivity contribution in [1.82, 2.24) is 14.9 Å². The van der Waals surface area contributed by atoms with Gasteiger partial charge in [-0.2, -0.15) is 0 Å². The molecule has 8 heteroatoms. The van der Waals surface area contributed by atoms with Crippen LogP contribution in [0, 0.1) is 6.92 Å². The fourth-order valence-corrected chi connectivity index (χ4v) is 2.03. The van der Waals surface area contributed by atoms with Gasteiger partial charge in [0.05, 0.1) is 0 Å². The van der Waals surface area contributed by atoms with E-state index in [4.69, 9.17) is 4.74 Å². The Morgan fingerprint density at radius 1 is 1.20 bits per heavy atom. The Labute approximate surface area is 143 Å². The molecule has 0 aliphatic heterocycles. The van der Waals surface area contributed by atoms with Gasteiger partial charge in [-0.3, -0.25) is 23.9 Å². The third kappa shape index (κ3) is 5.45. The number of aromatic amines is 1. The third-order valence-corrected chi connectivity index (χ3v) is 3.46. The van der Waals surface area contributed by atoms with Crippen LogP contribution in [0.15, 0.2) is 46.1 Å². The second-order valence-electron chi connectivity index (χ2n) is 5.57. The van der Waals surface area contributed by atoms with Gasteiger partial charge in [0.2, 0.25) is 0 Å². The molecule has 2 rings (SSSR count). The van der Waals surface area contributed by atoms with Crippen LogP contribution in [0.5, 0.6) is 0 Å². The summed E-state index contributed by atoms with van der Waals surface area (Å²) in [5, 5.41) is 2.67. The van der Waals surface area contributed by atoms with E-state index < -0.39 is 35.8 Å². The summed E-state index contributed by atoms with van der Waals surface area (Å²) in [6, 6.07) is 8.79. The topological polar surface area (TPSA) is 110 Å². The van der Waals surface area contributed by atoms with Crippen molar-refractivity contribution in [3.8, 4) is 0 Å². The number of H-pyrrole nitrogens is 1. The van der Waals surface area contributed by atoms with Crippen molar-refractivity contribution in [2.24, 2.45) is 0 Å². The van der Waals surface area contributed by atoms with Gasteiger partial charge in [0, 0.05) is 18.8 Å². The maximum atomic E-state index is 12.0. The summed E-state index contributed by atoms with van der Waals surface area (Å²) in [6.07, 6.45) is 0.182. The van der Waals surface area contributed by atoms with Gasteiger partial charge in [-0.1, -0.05) is 29.8 Å². The quantitative estimate of drug-likeness (QED) is 0.721. The van der Waals surface area contributed by atoms with Crippen LogP contribution in [0.2, 0.25) is 0 Å². The van der Waals surface area contributed by atoms with E-state index in [-0.39, 0.29) is 0 Å². The van der Waals surface area contributed by atoms with E-state index in [2.05, 4.69) is 5.32 Å². The zero-order chi connectivity index (χ0) is 18.4. The van der Waals surface area contributed by atoms with Gasteiger partial charge in [0.1, 0.15) is 6.54 Å². The van der Waals surface area contributed by atoms with Crippen molar-refractivity contribution < 1.29 is 14.3 Å². The van der Waals surface area contributed by atoms with Gasteiger partial charge in [-0.25, -0.2) is 4.79 Å². The first-order valence-electron chi connectivity index (χ1n) is 7.67. The molecule has 0 saturated carbocycles. The first-order chi connectivity index (χ1) is 11.8. The number of esters is 1. The predicted octanol–water partition coefficient (Wildman–Crippen LogP) is 0.0931. The second-order valence-corrected chi connectivity index (χ2v) is 5.57. The minimum Gasteiger partial charge on any atom is -0.451 e. The summed E-state index contributed by atoms with van der Waals surface area (Å²) in [5.41, 5.74) is 0.770. The lowest BCUT2D eigenvalue weighted by molar-refractivity contribution is -0.155. The van der Waals surface area contributed by atoms with Crippen molar-refractivity contribution in [2.75, 3.05) is 0 Å². The summed E-state index contributed by atoms with van der Waals surface area (Å²) in [5.74, 6) is -1.20. The summed E-state index contributed by atoms with van der Waals surface area (Å²) in [7, 11) is 0. The Morgan fingerprint density at radius 3 is 2.52 bits per heavy atom. The number of nitrogens with one attached hydrogen (secondary N) is 2. The monoisotopic (exact) mass is 345 g/mol. The lowest BCUT2D eigenvalue weighted by Gasteiger charge is -2.14. The molecule has 1 aromatic carbocycles. The van der Waals surface area contributed by atoms with Crippen molar-refractivity contribution in [3.05, 3.63) is 68.5 Å². The van der Waals surface area contributed by atoms with Crippen molar-refractivity contribution >= 4 is 11.9 Å². The molecule has 2 aromatic rings. The zero-order valence-electron chi connectivity index (χ0n) is 13.9. The van der Waals surface area contributed by atoms with Gasteiger partial charge < -0.3 is 10.1 Å². The molecule has 0 saturated heterocycles. The van der Waals surface area contributed by atoms with Gasteiger partial charge >= 0.3 is 11.7 Å². The number of aromatic nitrogens is 2. The number of amides is 1. The van der Waals surface area contributed by atoms with Crippen LogP contribution in [0.25, 0.3) is 0 Å². The van der Waals surface area contributed by atoms with Gasteiger partial charge in [0.15, 0.2) is 6.10 Å². The molecule has 0 unspecified atom stereocenters. The van der Waals surface area contributed by atoms with E-state index in [0.29, 0.717) is 6.54 Å². The van der Waals surface area contributed by atoms with Crippen molar-refractivity contribution in [2.45, 2.75) is 33.0 Å². The van der Waals surface area contributed by atoms with E-state index >= 15 is 0 Å². The molecule has 0 spiro atoms. The number of ether oxygens (including phenoxy) is 1. The largest absolute Gasteiger partial charge is 0.451 e. The molecule has 1 atom stereocenters. The molecule has 1 aromatic heterocycles. The number of carbonyl (C=O) groups excluding carboxylic acids is 2. The normalized spacial score (nSPS) is 11.6. The summed E-state index contributed by atoms with van der Waals surface area (Å²) >= 11 is 0. The van der Waals surface area contributed by atoms with Crippen LogP contribution in [-0.2, 0) is 27.4 Å². The number of aryl methyl sites for hydroxylation is 1. The Kier molecular flexibility index (Phi) is 5.89. The van der Waals surface area contributed by atoms with E-state index in [1.807, 2.05) is 36.2 Å². The fourth-order valence-electron chi connectivity index (χ4n) is 2.03. The molecule has 8 nitrogen and oxygen atoms in total. The Hall–Kier alpha value is -3.16. The highest BCUT2D eigenvalue weighted by Gasteiger charge is 2.18. The maximum absolute atomic E-state index is 12.0. The minimum absolute atomic E-state index is 0.320. The van der Waals surface area contributed by atoms with Crippen LogP contribution >= 0.6 is 0 Å². The van der Waals surface area contributed by atoms with Crippen LogP contribution in [0.3, 0.4) is 0 Å². The van der Waals surface area contributed by atoms with E-state index in [1.54, 1.807) is 0 Å². The molecule has 0 aliphatic rings. The fraction of sp³-hybridized carbons (Fsp3) is 0.294. The van der Waals surface area contributed by atoms with Gasteiger partial charge in [-0.05, 0) is 19.4 Å². The number of hydrogen-bond acceptors (Lipinski definition) is 5. The van der Waals surface area contributed by atoms with Crippen molar-refractivity contribution in [1.29, 1.82) is 0 Å². The van der Waals surface area contributed by atoms with Crippen molar-refractivity contribution in [3.63, 3.8) is 0 Å². The maximum Gasteiger partial charge on any atom is 0.328 e. The van der Waals surface area contributed by atoms with Crippen LogP contribution in [-0.4, -0.2) is 27.5 Å². The average Bonchev–Trinajstić information content (AvgIpc) is 2.56. The van der Waals surface area contributed by atoms with Gasteiger partial charge in [-0.15, -0.1) is 0 Å². The molecular formula is C17H19N3O5. The van der Waals surface area contributed by atoms with Crippen LogP contribution in [0.1, 0.15) is 18.1 Å². The molecule has 0 aliphatic carbocycles. The summed E-state index contributed by atoms with van der Waals surface area (Å²) in [6.45, 7) is 3.33. The highest BCUT2D eigenvalue weighted by molar-refractivity contribution is 5.83. The van der Waals surface area contributed by atoms with Crippen LogP contribution in [0.4, 0.5) is 0 Å². The molecule has 0 bridgehead atoms. The Morgan fingerprint density at radius 2 is 1.88 bits per heavy atom. The number of nitrogens with zero attached hydrogens (tertiary/aromatic N) is 1. The third-order valence-electron chi connectivity index (χ3n) is 3.46. The van der Waals surface area contributed by atoms with Gasteiger partial charge in [0.25, 0.3) is 11.5 Å². The smallest absolute Gasteiger partial charge is 0.328 e. The molecule has 132 valence electrons. The lowest BCUT2D eigenvalue weighted by Crippen LogP contribution is -2.37. The van der Waals surface area contributed by atoms with E-state index in [9.17, 15) is 19.2 Å². The molecule has 1 amide bonds. The average molecular weight is 345 g/mol. The number of carbonyl (C=O) groups is 2. The lowest BCUT2D eigenvalue weighted by atomic mass is 10.1. The van der Waals surface area contributed by atoms with E-state index in [0.717, 1.165) is 21.8 Å². The number of rotatable bonds is 6. The number of hydrogen-bond donors (Lipinski definition) is 2. The Bertz CT molecular complexity index is 867. The molecule has 25 heavy (non-hydrogen) atoms. The minimum atomic E-state index is -1.00. The van der Waals surface area contributed by atoms with E-state index in [1.165, 1.54) is 13.1 Å². The number of benzene rings is 1. The molecular weight excluding hydrogens is 326 g/mol. The SMILES string of the molecule is Cc1ccc(CNC(=O)[C@@H](C)OC(=O)Cn2ccc(=O)[nH]c2=O)cc1. The Balaban J connectivity index is 1.85.